The van der Waals surface area contributed by atoms with Crippen molar-refractivity contribution >= 4 is 27.3 Å². The highest BCUT2D eigenvalue weighted by atomic mass is 35.5. The van der Waals surface area contributed by atoms with Gasteiger partial charge in [-0.1, -0.05) is 30.5 Å². The number of benzene rings is 2. The zero-order chi connectivity index (χ0) is 22.6. The van der Waals surface area contributed by atoms with Crippen LogP contribution in [0.15, 0.2) is 47.4 Å². The molecule has 6 nitrogen and oxygen atoms in total. The minimum Gasteiger partial charge on any atom is -0.493 e. The fourth-order valence-electron chi connectivity index (χ4n) is 3.76. The Morgan fingerprint density at radius 1 is 1.13 bits per heavy atom. The molecule has 1 amide bonds. The SMILES string of the molecule is COc1cc(CNC(=O)C2(S(=O)(=O)c3ccc(Cl)cc3)CCCC2)ccc1OC(F)F. The lowest BCUT2D eigenvalue weighted by Gasteiger charge is -2.27. The van der Waals surface area contributed by atoms with E-state index in [1.807, 2.05) is 0 Å². The minimum absolute atomic E-state index is 0.00202. The summed E-state index contributed by atoms with van der Waals surface area (Å²) in [5.74, 6) is -0.645. The number of nitrogens with one attached hydrogen (secondary N) is 1. The van der Waals surface area contributed by atoms with Gasteiger partial charge in [-0.3, -0.25) is 4.79 Å². The Kier molecular flexibility index (Phi) is 7.06. The van der Waals surface area contributed by atoms with Crippen molar-refractivity contribution in [2.75, 3.05) is 7.11 Å². The molecule has 2 aromatic carbocycles. The molecule has 1 saturated carbocycles. The number of amides is 1. The Morgan fingerprint density at radius 3 is 2.35 bits per heavy atom. The number of hydrogen-bond acceptors (Lipinski definition) is 5. The predicted octanol–water partition coefficient (Wildman–Crippen LogP) is 4.35. The minimum atomic E-state index is -3.95. The van der Waals surface area contributed by atoms with Gasteiger partial charge in [-0.05, 0) is 54.8 Å². The lowest BCUT2D eigenvalue weighted by molar-refractivity contribution is -0.123. The third-order valence-corrected chi connectivity index (χ3v) is 8.13. The lowest BCUT2D eigenvalue weighted by atomic mass is 10.1. The zero-order valence-electron chi connectivity index (χ0n) is 16.7. The second kappa shape index (κ2) is 9.40. The van der Waals surface area contributed by atoms with E-state index < -0.39 is 27.1 Å². The normalized spacial score (nSPS) is 15.6. The summed E-state index contributed by atoms with van der Waals surface area (Å²) < 4.78 is 59.5. The van der Waals surface area contributed by atoms with Gasteiger partial charge in [0, 0.05) is 11.6 Å². The fourth-order valence-corrected chi connectivity index (χ4v) is 5.98. The van der Waals surface area contributed by atoms with Crippen molar-refractivity contribution in [2.45, 2.75) is 48.5 Å². The number of ether oxygens (including phenoxy) is 2. The van der Waals surface area contributed by atoms with Gasteiger partial charge in [-0.2, -0.15) is 8.78 Å². The van der Waals surface area contributed by atoms with Gasteiger partial charge in [-0.25, -0.2) is 8.42 Å². The maximum Gasteiger partial charge on any atom is 0.387 e. The molecule has 0 heterocycles. The first-order chi connectivity index (χ1) is 14.7. The topological polar surface area (TPSA) is 81.7 Å². The summed E-state index contributed by atoms with van der Waals surface area (Å²) in [5.41, 5.74) is 0.545. The van der Waals surface area contributed by atoms with Crippen LogP contribution in [0.5, 0.6) is 11.5 Å². The van der Waals surface area contributed by atoms with Gasteiger partial charge in [0.1, 0.15) is 0 Å². The molecule has 10 heteroatoms. The summed E-state index contributed by atoms with van der Waals surface area (Å²) in [7, 11) is -2.64. The first-order valence-electron chi connectivity index (χ1n) is 9.60. The molecule has 0 atom stereocenters. The average Bonchev–Trinajstić information content (AvgIpc) is 3.24. The highest BCUT2D eigenvalue weighted by molar-refractivity contribution is 7.93. The molecule has 0 aromatic heterocycles. The largest absolute Gasteiger partial charge is 0.493 e. The quantitative estimate of drug-likeness (QED) is 0.616. The van der Waals surface area contributed by atoms with Crippen LogP contribution in [0, 0.1) is 0 Å². The molecule has 0 spiro atoms. The second-order valence-electron chi connectivity index (χ2n) is 7.21. The molecule has 0 saturated heterocycles. The van der Waals surface area contributed by atoms with E-state index >= 15 is 0 Å². The molecule has 1 aliphatic carbocycles. The van der Waals surface area contributed by atoms with Gasteiger partial charge in [0.25, 0.3) is 0 Å². The molecule has 0 bridgehead atoms. The maximum absolute atomic E-state index is 13.4. The van der Waals surface area contributed by atoms with Crippen LogP contribution in [0.1, 0.15) is 31.2 Å². The van der Waals surface area contributed by atoms with Gasteiger partial charge < -0.3 is 14.8 Å². The van der Waals surface area contributed by atoms with E-state index in [0.29, 0.717) is 23.4 Å². The van der Waals surface area contributed by atoms with Crippen molar-refractivity contribution in [1.82, 2.24) is 5.32 Å². The Labute approximate surface area is 184 Å². The van der Waals surface area contributed by atoms with E-state index in [1.165, 1.54) is 49.6 Å². The van der Waals surface area contributed by atoms with Crippen molar-refractivity contribution < 1.29 is 31.5 Å². The maximum atomic E-state index is 13.4. The Hall–Kier alpha value is -2.39. The van der Waals surface area contributed by atoms with Crippen LogP contribution in [0.25, 0.3) is 0 Å². The third kappa shape index (κ3) is 4.77. The van der Waals surface area contributed by atoms with E-state index in [9.17, 15) is 22.0 Å². The summed E-state index contributed by atoms with van der Waals surface area (Å²) in [6.07, 6.45) is 1.67. The number of alkyl halides is 2. The fraction of sp³-hybridized carbons (Fsp3) is 0.381. The van der Waals surface area contributed by atoms with Crippen LogP contribution < -0.4 is 14.8 Å². The Bertz CT molecular complexity index is 1040. The highest BCUT2D eigenvalue weighted by Crippen LogP contribution is 2.41. The van der Waals surface area contributed by atoms with E-state index in [1.54, 1.807) is 0 Å². The molecule has 3 rings (SSSR count). The Morgan fingerprint density at radius 2 is 1.77 bits per heavy atom. The second-order valence-corrected chi connectivity index (χ2v) is 9.90. The molecular formula is C21H22ClF2NO5S. The van der Waals surface area contributed by atoms with Gasteiger partial charge in [0.15, 0.2) is 26.1 Å². The van der Waals surface area contributed by atoms with Crippen LogP contribution in [0.3, 0.4) is 0 Å². The van der Waals surface area contributed by atoms with Crippen LogP contribution in [-0.4, -0.2) is 32.8 Å². The van der Waals surface area contributed by atoms with Crippen LogP contribution in [0.4, 0.5) is 8.78 Å². The molecule has 2 aromatic rings. The number of methoxy groups -OCH3 is 1. The van der Waals surface area contributed by atoms with Crippen molar-refractivity contribution in [2.24, 2.45) is 0 Å². The number of hydrogen-bond donors (Lipinski definition) is 1. The van der Waals surface area contributed by atoms with Crippen LogP contribution in [-0.2, 0) is 21.2 Å². The molecular weight excluding hydrogens is 452 g/mol. The summed E-state index contributed by atoms with van der Waals surface area (Å²) in [5, 5.41) is 3.09. The number of sulfone groups is 1. The number of carbonyl (C=O) groups is 1. The third-order valence-electron chi connectivity index (χ3n) is 5.36. The van der Waals surface area contributed by atoms with Gasteiger partial charge >= 0.3 is 6.61 Å². The van der Waals surface area contributed by atoms with Crippen molar-refractivity contribution in [3.05, 3.63) is 53.1 Å². The van der Waals surface area contributed by atoms with Gasteiger partial charge in [-0.15, -0.1) is 0 Å². The van der Waals surface area contributed by atoms with Crippen molar-refractivity contribution in [1.29, 1.82) is 0 Å². The molecule has 1 N–H and O–H groups in total. The van der Waals surface area contributed by atoms with Crippen molar-refractivity contribution in [3.8, 4) is 11.5 Å². The molecule has 0 unspecified atom stereocenters. The Balaban J connectivity index is 1.81. The molecule has 0 radical (unpaired) electrons. The first-order valence-corrected chi connectivity index (χ1v) is 11.5. The van der Waals surface area contributed by atoms with E-state index in [2.05, 4.69) is 10.1 Å². The number of carbonyl (C=O) groups excluding carboxylic acids is 1. The molecule has 1 fully saturated rings. The smallest absolute Gasteiger partial charge is 0.387 e. The molecule has 1 aliphatic rings. The van der Waals surface area contributed by atoms with E-state index in [-0.39, 0.29) is 35.8 Å². The van der Waals surface area contributed by atoms with E-state index in [4.69, 9.17) is 16.3 Å². The predicted molar refractivity (Wildman–Crippen MR) is 111 cm³/mol. The first kappa shape index (κ1) is 23.3. The van der Waals surface area contributed by atoms with Crippen LogP contribution in [0.2, 0.25) is 5.02 Å². The lowest BCUT2D eigenvalue weighted by Crippen LogP contribution is -2.50. The zero-order valence-corrected chi connectivity index (χ0v) is 18.3. The van der Waals surface area contributed by atoms with E-state index in [0.717, 1.165) is 0 Å². The average molecular weight is 474 g/mol. The summed E-state index contributed by atoms with van der Waals surface area (Å²) in [6.45, 7) is -3.00. The number of rotatable bonds is 8. The highest BCUT2D eigenvalue weighted by Gasteiger charge is 2.52. The number of halogens is 3. The monoisotopic (exact) mass is 473 g/mol. The standard InChI is InChI=1S/C21H22ClF2NO5S/c1-29-18-12-14(4-9-17(18)30-20(23)24)13-25-19(26)21(10-2-3-11-21)31(27,28)16-7-5-15(22)6-8-16/h4-9,12,20H,2-3,10-11,13H2,1H3,(H,25,26). The molecule has 0 aliphatic heterocycles. The van der Waals surface area contributed by atoms with Gasteiger partial charge in [0.05, 0.1) is 12.0 Å². The summed E-state index contributed by atoms with van der Waals surface area (Å²) in [4.78, 5) is 13.2. The summed E-state index contributed by atoms with van der Waals surface area (Å²) in [6, 6.07) is 10.0. The van der Waals surface area contributed by atoms with Gasteiger partial charge in [0.2, 0.25) is 5.91 Å². The van der Waals surface area contributed by atoms with Crippen molar-refractivity contribution in [3.63, 3.8) is 0 Å². The van der Waals surface area contributed by atoms with Crippen LogP contribution >= 0.6 is 11.6 Å². The summed E-state index contributed by atoms with van der Waals surface area (Å²) >= 11 is 5.86. The molecule has 168 valence electrons. The molecule has 31 heavy (non-hydrogen) atoms.